The van der Waals surface area contributed by atoms with E-state index in [2.05, 4.69) is 20.7 Å². The van der Waals surface area contributed by atoms with E-state index in [0.717, 1.165) is 32.0 Å². The zero-order chi connectivity index (χ0) is 16.2. The van der Waals surface area contributed by atoms with Crippen molar-refractivity contribution in [2.45, 2.75) is 24.9 Å². The normalized spacial score (nSPS) is 16.7. The van der Waals surface area contributed by atoms with Crippen molar-refractivity contribution in [3.05, 3.63) is 23.9 Å². The van der Waals surface area contributed by atoms with Crippen molar-refractivity contribution >= 4 is 15.7 Å². The molecule has 1 saturated heterocycles. The maximum absolute atomic E-state index is 12.0. The molecular weight excluding hydrogens is 298 g/mol. The van der Waals surface area contributed by atoms with Gasteiger partial charge in [-0.2, -0.15) is 0 Å². The van der Waals surface area contributed by atoms with E-state index in [1.165, 1.54) is 0 Å². The summed E-state index contributed by atoms with van der Waals surface area (Å²) in [6.45, 7) is 7.59. The molecule has 5 nitrogen and oxygen atoms in total. The predicted octanol–water partition coefficient (Wildman–Crippen LogP) is 1.16. The molecule has 0 saturated carbocycles. The summed E-state index contributed by atoms with van der Waals surface area (Å²) >= 11 is 0. The summed E-state index contributed by atoms with van der Waals surface area (Å²) in [6.07, 6.45) is 5.33. The molecule has 2 rings (SSSR count). The Morgan fingerprint density at radius 1 is 1.27 bits per heavy atom. The largest absolute Gasteiger partial charge is 0.354 e. The number of pyridine rings is 1. The lowest BCUT2D eigenvalue weighted by Gasteiger charge is -2.34. The lowest BCUT2D eigenvalue weighted by molar-refractivity contribution is 0.287. The van der Waals surface area contributed by atoms with Crippen LogP contribution in [0, 0.1) is 12.3 Å². The van der Waals surface area contributed by atoms with Crippen molar-refractivity contribution in [2.75, 3.05) is 37.6 Å². The molecule has 1 aromatic rings. The molecule has 1 aliphatic heterocycles. The SMILES string of the molecule is C#CCN1CCN(c2cccc(CS(=O)(=O)C(C)C)n2)CC1. The minimum atomic E-state index is -3.13. The monoisotopic (exact) mass is 321 g/mol. The van der Waals surface area contributed by atoms with Crippen LogP contribution in [0.5, 0.6) is 0 Å². The highest BCUT2D eigenvalue weighted by atomic mass is 32.2. The van der Waals surface area contributed by atoms with Crippen molar-refractivity contribution in [1.82, 2.24) is 9.88 Å². The zero-order valence-electron chi connectivity index (χ0n) is 13.2. The van der Waals surface area contributed by atoms with Crippen LogP contribution in [0.4, 0.5) is 5.82 Å². The van der Waals surface area contributed by atoms with Crippen molar-refractivity contribution < 1.29 is 8.42 Å². The average molecular weight is 321 g/mol. The predicted molar refractivity (Wildman–Crippen MR) is 89.5 cm³/mol. The van der Waals surface area contributed by atoms with Gasteiger partial charge in [0.25, 0.3) is 0 Å². The Kier molecular flexibility index (Phi) is 5.43. The molecule has 1 aromatic heterocycles. The van der Waals surface area contributed by atoms with E-state index >= 15 is 0 Å². The highest BCUT2D eigenvalue weighted by Crippen LogP contribution is 2.16. The van der Waals surface area contributed by atoms with Gasteiger partial charge < -0.3 is 4.90 Å². The molecule has 1 aliphatic rings. The fourth-order valence-electron chi connectivity index (χ4n) is 2.36. The molecule has 6 heteroatoms. The van der Waals surface area contributed by atoms with Crippen LogP contribution in [0.2, 0.25) is 0 Å². The lowest BCUT2D eigenvalue weighted by atomic mass is 10.3. The molecule has 0 N–H and O–H groups in total. The van der Waals surface area contributed by atoms with E-state index in [4.69, 9.17) is 6.42 Å². The Morgan fingerprint density at radius 2 is 1.95 bits per heavy atom. The van der Waals surface area contributed by atoms with Gasteiger partial charge in [-0.25, -0.2) is 13.4 Å². The Morgan fingerprint density at radius 3 is 2.55 bits per heavy atom. The van der Waals surface area contributed by atoms with Crippen LogP contribution in [-0.2, 0) is 15.6 Å². The summed E-state index contributed by atoms with van der Waals surface area (Å²) in [5.41, 5.74) is 0.609. The molecule has 0 amide bonds. The number of hydrogen-bond donors (Lipinski definition) is 0. The molecule has 0 aliphatic carbocycles. The van der Waals surface area contributed by atoms with Gasteiger partial charge >= 0.3 is 0 Å². The van der Waals surface area contributed by atoms with Gasteiger partial charge in [0.2, 0.25) is 0 Å². The van der Waals surface area contributed by atoms with Crippen LogP contribution in [0.15, 0.2) is 18.2 Å². The second kappa shape index (κ2) is 7.12. The van der Waals surface area contributed by atoms with Crippen LogP contribution < -0.4 is 4.90 Å². The third-order valence-corrected chi connectivity index (χ3v) is 6.01. The van der Waals surface area contributed by atoms with Crippen LogP contribution in [-0.4, -0.2) is 56.3 Å². The van der Waals surface area contributed by atoms with E-state index in [0.29, 0.717) is 12.2 Å². The topological polar surface area (TPSA) is 53.5 Å². The van der Waals surface area contributed by atoms with E-state index in [1.807, 2.05) is 12.1 Å². The van der Waals surface area contributed by atoms with Gasteiger partial charge in [0, 0.05) is 26.2 Å². The van der Waals surface area contributed by atoms with E-state index in [-0.39, 0.29) is 11.0 Å². The number of hydrogen-bond acceptors (Lipinski definition) is 5. The minimum Gasteiger partial charge on any atom is -0.354 e. The first-order chi connectivity index (χ1) is 10.4. The first kappa shape index (κ1) is 16.8. The Balaban J connectivity index is 2.05. The number of rotatable bonds is 5. The molecule has 0 unspecified atom stereocenters. The second-order valence-corrected chi connectivity index (χ2v) is 8.37. The Labute approximate surface area is 133 Å². The third kappa shape index (κ3) is 4.21. The molecule has 2 heterocycles. The molecule has 1 fully saturated rings. The summed E-state index contributed by atoms with van der Waals surface area (Å²) in [5, 5.41) is -0.384. The van der Waals surface area contributed by atoms with Crippen molar-refractivity contribution in [3.63, 3.8) is 0 Å². The van der Waals surface area contributed by atoms with E-state index < -0.39 is 9.84 Å². The highest BCUT2D eigenvalue weighted by molar-refractivity contribution is 7.91. The molecule has 0 aromatic carbocycles. The first-order valence-electron chi connectivity index (χ1n) is 7.50. The van der Waals surface area contributed by atoms with Crippen molar-refractivity contribution in [2.24, 2.45) is 0 Å². The van der Waals surface area contributed by atoms with Gasteiger partial charge in [-0.05, 0) is 26.0 Å². The number of anilines is 1. The minimum absolute atomic E-state index is 0.00440. The molecular formula is C16H23N3O2S. The molecule has 0 atom stereocenters. The third-order valence-electron chi connectivity index (χ3n) is 3.87. The molecule has 22 heavy (non-hydrogen) atoms. The summed E-state index contributed by atoms with van der Waals surface area (Å²) in [4.78, 5) is 8.93. The number of terminal acetylenes is 1. The van der Waals surface area contributed by atoms with Gasteiger partial charge in [0.05, 0.1) is 23.2 Å². The van der Waals surface area contributed by atoms with Gasteiger partial charge in [-0.3, -0.25) is 4.90 Å². The molecule has 0 spiro atoms. The lowest BCUT2D eigenvalue weighted by Crippen LogP contribution is -2.46. The maximum Gasteiger partial charge on any atom is 0.158 e. The summed E-state index contributed by atoms with van der Waals surface area (Å²) in [5.74, 6) is 3.50. The van der Waals surface area contributed by atoms with Gasteiger partial charge in [0.15, 0.2) is 9.84 Å². The van der Waals surface area contributed by atoms with Gasteiger partial charge in [-0.15, -0.1) is 6.42 Å². The van der Waals surface area contributed by atoms with Crippen molar-refractivity contribution in [3.8, 4) is 12.3 Å². The Hall–Kier alpha value is -1.58. The standard InChI is InChI=1S/C16H23N3O2S/c1-4-8-18-9-11-19(12-10-18)16-7-5-6-15(17-16)13-22(20,21)14(2)3/h1,5-7,14H,8-13H2,2-3H3. The number of sulfone groups is 1. The van der Waals surface area contributed by atoms with Crippen LogP contribution in [0.1, 0.15) is 19.5 Å². The zero-order valence-corrected chi connectivity index (χ0v) is 14.0. The average Bonchev–Trinajstić information content (AvgIpc) is 2.48. The fraction of sp³-hybridized carbons (Fsp3) is 0.562. The molecule has 0 radical (unpaired) electrons. The summed E-state index contributed by atoms with van der Waals surface area (Å²) < 4.78 is 24.0. The van der Waals surface area contributed by atoms with Gasteiger partial charge in [-0.1, -0.05) is 12.0 Å². The Bertz CT molecular complexity index is 642. The van der Waals surface area contributed by atoms with E-state index in [9.17, 15) is 8.42 Å². The van der Waals surface area contributed by atoms with Crippen LogP contribution in [0.3, 0.4) is 0 Å². The molecule has 0 bridgehead atoms. The summed E-state index contributed by atoms with van der Waals surface area (Å²) in [7, 11) is -3.13. The quantitative estimate of drug-likeness (QED) is 0.762. The van der Waals surface area contributed by atoms with Gasteiger partial charge in [0.1, 0.15) is 5.82 Å². The van der Waals surface area contributed by atoms with E-state index in [1.54, 1.807) is 19.9 Å². The summed E-state index contributed by atoms with van der Waals surface area (Å²) in [6, 6.07) is 5.59. The smallest absolute Gasteiger partial charge is 0.158 e. The maximum atomic E-state index is 12.0. The van der Waals surface area contributed by atoms with Crippen molar-refractivity contribution in [1.29, 1.82) is 0 Å². The fourth-order valence-corrected chi connectivity index (χ4v) is 3.27. The van der Waals surface area contributed by atoms with Crippen LogP contribution in [0.25, 0.3) is 0 Å². The first-order valence-corrected chi connectivity index (χ1v) is 9.22. The molecule has 120 valence electrons. The highest BCUT2D eigenvalue weighted by Gasteiger charge is 2.20. The number of aromatic nitrogens is 1. The number of piperazine rings is 1. The number of nitrogens with zero attached hydrogens (tertiary/aromatic N) is 3. The van der Waals surface area contributed by atoms with Crippen LogP contribution >= 0.6 is 0 Å². The second-order valence-electron chi connectivity index (χ2n) is 5.81.